The Balaban J connectivity index is 2.67. The second kappa shape index (κ2) is 3.77. The molecule has 0 aromatic heterocycles. The van der Waals surface area contributed by atoms with Gasteiger partial charge < -0.3 is 5.32 Å². The molecule has 2 rings (SSSR count). The average Bonchev–Trinajstić information content (AvgIpc) is 2.23. The highest BCUT2D eigenvalue weighted by Crippen LogP contribution is 2.35. The first-order chi connectivity index (χ1) is 7.44. The van der Waals surface area contributed by atoms with E-state index >= 15 is 0 Å². The number of anilines is 1. The van der Waals surface area contributed by atoms with Crippen LogP contribution in [0, 0.1) is 0 Å². The molecule has 3 nitrogen and oxygen atoms in total. The first kappa shape index (κ1) is 11.5. The van der Waals surface area contributed by atoms with E-state index in [0.717, 1.165) is 11.3 Å². The fourth-order valence-corrected chi connectivity index (χ4v) is 3.51. The molecule has 1 heterocycles. The predicted octanol–water partition coefficient (Wildman–Crippen LogP) is 2.40. The zero-order chi connectivity index (χ0) is 11.9. The Kier molecular flexibility index (Phi) is 2.70. The Bertz CT molecular complexity index is 506. The van der Waals surface area contributed by atoms with Crippen LogP contribution >= 0.6 is 0 Å². The third-order valence-corrected chi connectivity index (χ3v) is 5.26. The Morgan fingerprint density at radius 3 is 2.69 bits per heavy atom. The Labute approximate surface area is 96.8 Å². The summed E-state index contributed by atoms with van der Waals surface area (Å²) in [5.74, 6) is 0.325. The molecule has 4 heteroatoms. The summed E-state index contributed by atoms with van der Waals surface area (Å²) >= 11 is 0. The summed E-state index contributed by atoms with van der Waals surface area (Å²) in [6.07, 6.45) is 0. The first-order valence-corrected chi connectivity index (χ1v) is 7.10. The van der Waals surface area contributed by atoms with E-state index in [-0.39, 0.29) is 5.25 Å². The van der Waals surface area contributed by atoms with E-state index in [1.807, 2.05) is 12.1 Å². The van der Waals surface area contributed by atoms with Gasteiger partial charge in [0.1, 0.15) is 0 Å². The largest absolute Gasteiger partial charge is 0.382 e. The molecule has 0 fully saturated rings. The molecule has 1 aromatic carbocycles. The maximum atomic E-state index is 12.1. The Morgan fingerprint density at radius 2 is 2.06 bits per heavy atom. The van der Waals surface area contributed by atoms with E-state index in [2.05, 4.69) is 19.2 Å². The van der Waals surface area contributed by atoms with Crippen LogP contribution in [0.3, 0.4) is 0 Å². The van der Waals surface area contributed by atoms with Crippen LogP contribution in [-0.4, -0.2) is 20.2 Å². The normalized spacial score (nSPS) is 22.6. The number of benzene rings is 1. The van der Waals surface area contributed by atoms with Crippen LogP contribution in [-0.2, 0) is 9.84 Å². The Hall–Kier alpha value is -1.03. The number of para-hydroxylation sites is 1. The maximum Gasteiger partial charge on any atom is 0.184 e. The van der Waals surface area contributed by atoms with E-state index in [9.17, 15) is 8.42 Å². The molecule has 88 valence electrons. The van der Waals surface area contributed by atoms with Crippen LogP contribution < -0.4 is 5.32 Å². The highest BCUT2D eigenvalue weighted by atomic mass is 32.2. The minimum atomic E-state index is -3.14. The number of nitrogens with one attached hydrogen (secondary N) is 1. The molecule has 1 aromatic rings. The molecule has 0 spiro atoms. The standard InChI is InChI=1S/C12H17NO2S/c1-8(2)10-5-4-6-11-12(10)13-7-9(3)16(11,14)15/h4-6,8-9,13H,7H2,1-3H3. The van der Waals surface area contributed by atoms with Crippen LogP contribution in [0.25, 0.3) is 0 Å². The lowest BCUT2D eigenvalue weighted by Gasteiger charge is -2.26. The number of fused-ring (bicyclic) bond motifs is 1. The molecular formula is C12H17NO2S. The lowest BCUT2D eigenvalue weighted by atomic mass is 10.0. The summed E-state index contributed by atoms with van der Waals surface area (Å²) in [6, 6.07) is 5.51. The molecule has 16 heavy (non-hydrogen) atoms. The van der Waals surface area contributed by atoms with Crippen LogP contribution in [0.2, 0.25) is 0 Å². The van der Waals surface area contributed by atoms with Gasteiger partial charge in [-0.25, -0.2) is 8.42 Å². The van der Waals surface area contributed by atoms with E-state index in [4.69, 9.17) is 0 Å². The smallest absolute Gasteiger partial charge is 0.184 e. The molecule has 1 atom stereocenters. The van der Waals surface area contributed by atoms with Gasteiger partial charge in [-0.1, -0.05) is 26.0 Å². The summed E-state index contributed by atoms with van der Waals surface area (Å²) in [4.78, 5) is 0.456. The minimum absolute atomic E-state index is 0.325. The topological polar surface area (TPSA) is 46.2 Å². The van der Waals surface area contributed by atoms with Crippen molar-refractivity contribution in [3.63, 3.8) is 0 Å². The van der Waals surface area contributed by atoms with Gasteiger partial charge in [0.05, 0.1) is 15.8 Å². The van der Waals surface area contributed by atoms with E-state index in [0.29, 0.717) is 17.4 Å². The number of rotatable bonds is 1. The van der Waals surface area contributed by atoms with Crippen molar-refractivity contribution in [1.29, 1.82) is 0 Å². The highest BCUT2D eigenvalue weighted by molar-refractivity contribution is 7.92. The van der Waals surface area contributed by atoms with Crippen LogP contribution in [0.1, 0.15) is 32.3 Å². The van der Waals surface area contributed by atoms with Crippen molar-refractivity contribution in [2.45, 2.75) is 36.8 Å². The lowest BCUT2D eigenvalue weighted by Crippen LogP contribution is -2.32. The molecule has 0 saturated carbocycles. The van der Waals surface area contributed by atoms with Crippen molar-refractivity contribution >= 4 is 15.5 Å². The summed E-state index contributed by atoms with van der Waals surface area (Å²) in [5, 5.41) is 2.89. The molecule has 1 aliphatic rings. The molecular weight excluding hydrogens is 222 g/mol. The second-order valence-corrected chi connectivity index (χ2v) is 6.95. The molecule has 0 bridgehead atoms. The molecule has 1 N–H and O–H groups in total. The monoisotopic (exact) mass is 239 g/mol. The van der Waals surface area contributed by atoms with Gasteiger partial charge in [0.2, 0.25) is 0 Å². The van der Waals surface area contributed by atoms with Gasteiger partial charge >= 0.3 is 0 Å². The van der Waals surface area contributed by atoms with Gasteiger partial charge in [0.25, 0.3) is 0 Å². The zero-order valence-corrected chi connectivity index (χ0v) is 10.6. The summed E-state index contributed by atoms with van der Waals surface area (Å²) < 4.78 is 24.3. The third-order valence-electron chi connectivity index (χ3n) is 3.08. The van der Waals surface area contributed by atoms with E-state index in [1.54, 1.807) is 13.0 Å². The molecule has 0 radical (unpaired) electrons. The van der Waals surface area contributed by atoms with Crippen molar-refractivity contribution in [1.82, 2.24) is 0 Å². The highest BCUT2D eigenvalue weighted by Gasteiger charge is 2.31. The van der Waals surface area contributed by atoms with E-state index < -0.39 is 9.84 Å². The van der Waals surface area contributed by atoms with Gasteiger partial charge in [-0.3, -0.25) is 0 Å². The molecule has 0 saturated heterocycles. The maximum absolute atomic E-state index is 12.1. The van der Waals surface area contributed by atoms with Crippen molar-refractivity contribution in [3.05, 3.63) is 23.8 Å². The number of hydrogen-bond acceptors (Lipinski definition) is 3. The first-order valence-electron chi connectivity index (χ1n) is 5.55. The van der Waals surface area contributed by atoms with Crippen molar-refractivity contribution in [2.75, 3.05) is 11.9 Å². The predicted molar refractivity (Wildman–Crippen MR) is 65.7 cm³/mol. The summed E-state index contributed by atoms with van der Waals surface area (Å²) in [5.41, 5.74) is 1.88. The summed E-state index contributed by atoms with van der Waals surface area (Å²) in [6.45, 7) is 6.39. The third kappa shape index (κ3) is 1.61. The Morgan fingerprint density at radius 1 is 1.38 bits per heavy atom. The fourth-order valence-electron chi connectivity index (χ4n) is 2.03. The fraction of sp³-hybridized carbons (Fsp3) is 0.500. The van der Waals surface area contributed by atoms with Gasteiger partial charge in [0, 0.05) is 6.54 Å². The van der Waals surface area contributed by atoms with Crippen LogP contribution in [0.4, 0.5) is 5.69 Å². The zero-order valence-electron chi connectivity index (χ0n) is 9.82. The minimum Gasteiger partial charge on any atom is -0.382 e. The molecule has 0 aliphatic carbocycles. The van der Waals surface area contributed by atoms with Crippen molar-refractivity contribution in [2.24, 2.45) is 0 Å². The molecule has 0 amide bonds. The van der Waals surface area contributed by atoms with Gasteiger partial charge in [0.15, 0.2) is 9.84 Å². The van der Waals surface area contributed by atoms with Crippen LogP contribution in [0.15, 0.2) is 23.1 Å². The van der Waals surface area contributed by atoms with Gasteiger partial charge in [-0.2, -0.15) is 0 Å². The summed E-state index contributed by atoms with van der Waals surface area (Å²) in [7, 11) is -3.14. The second-order valence-electron chi connectivity index (χ2n) is 4.61. The number of sulfone groups is 1. The van der Waals surface area contributed by atoms with Crippen LogP contribution in [0.5, 0.6) is 0 Å². The lowest BCUT2D eigenvalue weighted by molar-refractivity contribution is 0.582. The quantitative estimate of drug-likeness (QED) is 0.818. The number of hydrogen-bond donors (Lipinski definition) is 1. The van der Waals surface area contributed by atoms with Gasteiger partial charge in [-0.05, 0) is 24.5 Å². The SMILES string of the molecule is CC(C)c1cccc2c1NCC(C)S2(=O)=O. The molecule has 1 unspecified atom stereocenters. The van der Waals surface area contributed by atoms with Crippen molar-refractivity contribution in [3.8, 4) is 0 Å². The average molecular weight is 239 g/mol. The molecule has 1 aliphatic heterocycles. The van der Waals surface area contributed by atoms with E-state index in [1.165, 1.54) is 0 Å². The van der Waals surface area contributed by atoms with Gasteiger partial charge in [-0.15, -0.1) is 0 Å². The van der Waals surface area contributed by atoms with Crippen molar-refractivity contribution < 1.29 is 8.42 Å².